The van der Waals surface area contributed by atoms with Crippen molar-refractivity contribution in [1.29, 1.82) is 0 Å². The van der Waals surface area contributed by atoms with Gasteiger partial charge < -0.3 is 10.6 Å². The zero-order valence-electron chi connectivity index (χ0n) is 18.7. The number of rotatable bonds is 4. The van der Waals surface area contributed by atoms with Gasteiger partial charge in [0.2, 0.25) is 0 Å². The summed E-state index contributed by atoms with van der Waals surface area (Å²) in [6.07, 6.45) is -3.70. The Bertz CT molecular complexity index is 1440. The maximum Gasteiger partial charge on any atom is 0.410 e. The van der Waals surface area contributed by atoms with Crippen LogP contribution >= 0.6 is 11.3 Å². The number of amides is 1. The number of benzene rings is 1. The Morgan fingerprint density at radius 1 is 1.20 bits per heavy atom. The minimum atomic E-state index is -4.55. The van der Waals surface area contributed by atoms with E-state index in [0.29, 0.717) is 11.4 Å². The van der Waals surface area contributed by atoms with Gasteiger partial charge in [-0.2, -0.15) is 18.3 Å². The molecular formula is C23H21F3N6O2S. The molecule has 0 radical (unpaired) electrons. The highest BCUT2D eigenvalue weighted by Crippen LogP contribution is 2.45. The smallest absolute Gasteiger partial charge is 0.362 e. The van der Waals surface area contributed by atoms with Crippen LogP contribution in [0.2, 0.25) is 0 Å². The molecule has 0 saturated carbocycles. The van der Waals surface area contributed by atoms with E-state index in [9.17, 15) is 22.8 Å². The Balaban J connectivity index is 1.51. The van der Waals surface area contributed by atoms with Crippen molar-refractivity contribution in [3.63, 3.8) is 0 Å². The summed E-state index contributed by atoms with van der Waals surface area (Å²) in [7, 11) is 1.68. The van der Waals surface area contributed by atoms with Gasteiger partial charge in [-0.3, -0.25) is 14.3 Å². The maximum absolute atomic E-state index is 13.9. The van der Waals surface area contributed by atoms with Gasteiger partial charge in [0.25, 0.3) is 11.5 Å². The van der Waals surface area contributed by atoms with E-state index in [1.807, 2.05) is 6.07 Å². The SMILES string of the molecule is Cc1c(NC(=O)c2cnn3c2N[C@@H](c2cccs2)C[C@H]3C(F)(F)F)c(=O)n(-c2ccccc2)n1C. The Morgan fingerprint density at radius 3 is 2.60 bits per heavy atom. The van der Waals surface area contributed by atoms with Crippen molar-refractivity contribution in [1.82, 2.24) is 19.1 Å². The Kier molecular flexibility index (Phi) is 5.55. The van der Waals surface area contributed by atoms with Gasteiger partial charge in [0, 0.05) is 18.3 Å². The molecule has 0 aliphatic carbocycles. The van der Waals surface area contributed by atoms with Crippen LogP contribution in [-0.2, 0) is 7.05 Å². The van der Waals surface area contributed by atoms with E-state index in [-0.39, 0.29) is 23.5 Å². The molecule has 1 aliphatic heterocycles. The third-order valence-electron chi connectivity index (χ3n) is 6.16. The van der Waals surface area contributed by atoms with Crippen LogP contribution in [0, 0.1) is 6.92 Å². The van der Waals surface area contributed by atoms with Crippen molar-refractivity contribution < 1.29 is 18.0 Å². The summed E-state index contributed by atoms with van der Waals surface area (Å²) >= 11 is 1.34. The van der Waals surface area contributed by atoms with Gasteiger partial charge in [-0.1, -0.05) is 24.3 Å². The number of hydrogen-bond acceptors (Lipinski definition) is 5. The van der Waals surface area contributed by atoms with Gasteiger partial charge in [0.1, 0.15) is 17.1 Å². The molecule has 2 N–H and O–H groups in total. The van der Waals surface area contributed by atoms with Crippen LogP contribution in [0.25, 0.3) is 5.69 Å². The zero-order valence-corrected chi connectivity index (χ0v) is 19.5. The van der Waals surface area contributed by atoms with Crippen LogP contribution in [0.3, 0.4) is 0 Å². The van der Waals surface area contributed by atoms with Gasteiger partial charge in [0.05, 0.1) is 23.6 Å². The fourth-order valence-corrected chi connectivity index (χ4v) is 5.09. The second-order valence-electron chi connectivity index (χ2n) is 8.25. The summed E-state index contributed by atoms with van der Waals surface area (Å²) < 4.78 is 45.4. The highest BCUT2D eigenvalue weighted by atomic mass is 32.1. The average molecular weight is 503 g/mol. The molecule has 4 heterocycles. The number of thiophene rings is 1. The molecule has 182 valence electrons. The highest BCUT2D eigenvalue weighted by molar-refractivity contribution is 7.10. The molecule has 1 aliphatic rings. The zero-order chi connectivity index (χ0) is 24.9. The van der Waals surface area contributed by atoms with Gasteiger partial charge in [0.15, 0.2) is 6.04 Å². The molecule has 3 aromatic heterocycles. The van der Waals surface area contributed by atoms with E-state index in [1.54, 1.807) is 60.4 Å². The number of nitrogens with one attached hydrogen (secondary N) is 2. The molecule has 8 nitrogen and oxygen atoms in total. The fraction of sp³-hybridized carbons (Fsp3) is 0.261. The quantitative estimate of drug-likeness (QED) is 0.425. The number of aromatic nitrogens is 4. The number of nitrogens with zero attached hydrogens (tertiary/aromatic N) is 4. The van der Waals surface area contributed by atoms with Gasteiger partial charge in [-0.15, -0.1) is 11.3 Å². The lowest BCUT2D eigenvalue weighted by atomic mass is 10.0. The molecule has 5 rings (SSSR count). The predicted molar refractivity (Wildman–Crippen MR) is 126 cm³/mol. The second-order valence-corrected chi connectivity index (χ2v) is 9.23. The highest BCUT2D eigenvalue weighted by Gasteiger charge is 2.47. The third kappa shape index (κ3) is 3.93. The van der Waals surface area contributed by atoms with Crippen LogP contribution in [0.15, 0.2) is 58.8 Å². The Hall–Kier alpha value is -3.80. The first kappa shape index (κ1) is 23.0. The number of anilines is 2. The number of fused-ring (bicyclic) bond motifs is 1. The summed E-state index contributed by atoms with van der Waals surface area (Å²) in [6.45, 7) is 1.68. The molecular weight excluding hydrogens is 481 g/mol. The molecule has 1 aromatic carbocycles. The standard InChI is InChI=1S/C23H21F3N6O2S/c1-13-19(22(34)32(30(13)2)14-7-4-3-5-8-14)29-21(33)15-12-27-31-18(23(24,25)26)11-16(28-20(15)31)17-9-6-10-35-17/h3-10,12,16,18,28H,11H2,1-2H3,(H,29,33)/t16-,18+/m1/s1. The van der Waals surface area contributed by atoms with E-state index >= 15 is 0 Å². The second kappa shape index (κ2) is 8.45. The first-order chi connectivity index (χ1) is 16.7. The van der Waals surface area contributed by atoms with Crippen molar-refractivity contribution in [3.8, 4) is 5.69 Å². The van der Waals surface area contributed by atoms with Crippen molar-refractivity contribution in [2.45, 2.75) is 31.6 Å². The summed E-state index contributed by atoms with van der Waals surface area (Å²) in [6, 6.07) is 9.90. The van der Waals surface area contributed by atoms with E-state index in [0.717, 1.165) is 15.8 Å². The lowest BCUT2D eigenvalue weighted by molar-refractivity contribution is -0.173. The number of alkyl halides is 3. The predicted octanol–water partition coefficient (Wildman–Crippen LogP) is 4.66. The first-order valence-corrected chi connectivity index (χ1v) is 11.6. The summed E-state index contributed by atoms with van der Waals surface area (Å²) in [4.78, 5) is 27.1. The van der Waals surface area contributed by atoms with Crippen molar-refractivity contribution in [2.75, 3.05) is 10.6 Å². The number of halogens is 3. The third-order valence-corrected chi connectivity index (χ3v) is 7.15. The average Bonchev–Trinajstić information content (AvgIpc) is 3.55. The number of carbonyl (C=O) groups excluding carboxylic acids is 1. The lowest BCUT2D eigenvalue weighted by Crippen LogP contribution is -2.36. The minimum Gasteiger partial charge on any atom is -0.362 e. The normalized spacial score (nSPS) is 17.6. The largest absolute Gasteiger partial charge is 0.410 e. The Morgan fingerprint density at radius 2 is 1.94 bits per heavy atom. The molecule has 4 aromatic rings. The van der Waals surface area contributed by atoms with Crippen molar-refractivity contribution >= 4 is 28.7 Å². The number of para-hydroxylation sites is 1. The van der Waals surface area contributed by atoms with Crippen LogP contribution in [-0.4, -0.2) is 31.2 Å². The summed E-state index contributed by atoms with van der Waals surface area (Å²) in [5.74, 6) is -0.760. The van der Waals surface area contributed by atoms with Crippen molar-refractivity contribution in [2.24, 2.45) is 7.05 Å². The molecule has 0 bridgehead atoms. The van der Waals surface area contributed by atoms with E-state index < -0.39 is 29.7 Å². The maximum atomic E-state index is 13.9. The molecule has 12 heteroatoms. The fourth-order valence-electron chi connectivity index (χ4n) is 4.30. The van der Waals surface area contributed by atoms with E-state index in [1.165, 1.54) is 16.0 Å². The first-order valence-electron chi connectivity index (χ1n) is 10.8. The van der Waals surface area contributed by atoms with Gasteiger partial charge in [-0.05, 0) is 30.5 Å². The van der Waals surface area contributed by atoms with Gasteiger partial charge in [-0.25, -0.2) is 9.36 Å². The van der Waals surface area contributed by atoms with Crippen LogP contribution in [0.4, 0.5) is 24.7 Å². The molecule has 1 amide bonds. The van der Waals surface area contributed by atoms with Crippen LogP contribution in [0.1, 0.15) is 39.4 Å². The van der Waals surface area contributed by atoms with Gasteiger partial charge >= 0.3 is 6.18 Å². The number of hydrogen-bond donors (Lipinski definition) is 2. The topological polar surface area (TPSA) is 85.9 Å². The lowest BCUT2D eigenvalue weighted by Gasteiger charge is -2.33. The number of carbonyl (C=O) groups is 1. The molecule has 35 heavy (non-hydrogen) atoms. The summed E-state index contributed by atoms with van der Waals surface area (Å²) in [5.41, 5.74) is 0.614. The van der Waals surface area contributed by atoms with Crippen molar-refractivity contribution in [3.05, 3.63) is 80.5 Å². The molecule has 0 saturated heterocycles. The Labute approximate surface area is 201 Å². The van der Waals surface area contributed by atoms with E-state index in [2.05, 4.69) is 15.7 Å². The molecule has 0 spiro atoms. The van der Waals surface area contributed by atoms with Crippen LogP contribution < -0.4 is 16.2 Å². The van der Waals surface area contributed by atoms with E-state index in [4.69, 9.17) is 0 Å². The molecule has 0 fully saturated rings. The summed E-state index contributed by atoms with van der Waals surface area (Å²) in [5, 5.41) is 11.3. The molecule has 2 atom stereocenters. The minimum absolute atomic E-state index is 0.0357. The van der Waals surface area contributed by atoms with Crippen LogP contribution in [0.5, 0.6) is 0 Å². The monoisotopic (exact) mass is 502 g/mol. The molecule has 0 unspecified atom stereocenters.